The number of nitrogens with two attached hydrogens (primary N) is 1. The van der Waals surface area contributed by atoms with Crippen molar-refractivity contribution in [3.8, 4) is 0 Å². The second-order valence-corrected chi connectivity index (χ2v) is 3.64. The standard InChI is InChI=1S/C5H9F2IN2/c6-5(7)4-3(9)1-2-10(4)8/h3-5H,1-2,9H2. The van der Waals surface area contributed by atoms with E-state index in [0.29, 0.717) is 13.0 Å². The Bertz CT molecular complexity index is 112. The Kier molecular flexibility index (Phi) is 2.81. The molecule has 60 valence electrons. The van der Waals surface area contributed by atoms with Crippen LogP contribution in [0.3, 0.4) is 0 Å². The van der Waals surface area contributed by atoms with E-state index in [4.69, 9.17) is 5.73 Å². The smallest absolute Gasteiger partial charge is 0.256 e. The summed E-state index contributed by atoms with van der Waals surface area (Å²) in [4.78, 5) is 0. The van der Waals surface area contributed by atoms with Gasteiger partial charge in [0.05, 0.1) is 6.04 Å². The van der Waals surface area contributed by atoms with Gasteiger partial charge in [-0.2, -0.15) is 0 Å². The van der Waals surface area contributed by atoms with Crippen molar-refractivity contribution in [1.82, 2.24) is 3.11 Å². The van der Waals surface area contributed by atoms with E-state index < -0.39 is 12.5 Å². The molecule has 1 heterocycles. The van der Waals surface area contributed by atoms with Crippen LogP contribution in [0.2, 0.25) is 0 Å². The first kappa shape index (κ1) is 8.61. The molecule has 2 atom stereocenters. The van der Waals surface area contributed by atoms with Gasteiger partial charge in [0, 0.05) is 35.5 Å². The van der Waals surface area contributed by atoms with Gasteiger partial charge >= 0.3 is 0 Å². The molecule has 0 bridgehead atoms. The molecular formula is C5H9F2IN2. The van der Waals surface area contributed by atoms with Gasteiger partial charge in [-0.3, -0.25) is 0 Å². The minimum absolute atomic E-state index is 0.350. The van der Waals surface area contributed by atoms with Crippen molar-refractivity contribution in [2.45, 2.75) is 24.9 Å². The molecule has 2 unspecified atom stereocenters. The zero-order valence-electron chi connectivity index (χ0n) is 5.30. The van der Waals surface area contributed by atoms with Crippen LogP contribution in [0.15, 0.2) is 0 Å². The zero-order valence-corrected chi connectivity index (χ0v) is 7.46. The highest BCUT2D eigenvalue weighted by atomic mass is 127. The molecule has 1 rings (SSSR count). The highest BCUT2D eigenvalue weighted by molar-refractivity contribution is 14.1. The van der Waals surface area contributed by atoms with Gasteiger partial charge in [0.2, 0.25) is 0 Å². The Morgan fingerprint density at radius 1 is 1.60 bits per heavy atom. The molecule has 0 aromatic carbocycles. The molecule has 10 heavy (non-hydrogen) atoms. The van der Waals surface area contributed by atoms with Crippen molar-refractivity contribution in [2.24, 2.45) is 5.73 Å². The predicted octanol–water partition coefficient (Wildman–Crippen LogP) is 1.00. The molecule has 5 heteroatoms. The predicted molar refractivity (Wildman–Crippen MR) is 43.1 cm³/mol. The molecule has 0 radical (unpaired) electrons. The first-order chi connectivity index (χ1) is 4.63. The molecule has 1 aliphatic rings. The van der Waals surface area contributed by atoms with Crippen LogP contribution in [0, 0.1) is 0 Å². The molecule has 0 saturated carbocycles. The molecule has 0 aliphatic carbocycles. The summed E-state index contributed by atoms with van der Waals surface area (Å²) in [7, 11) is 0. The molecule has 1 aliphatic heterocycles. The lowest BCUT2D eigenvalue weighted by Gasteiger charge is -2.19. The third-order valence-electron chi connectivity index (χ3n) is 1.70. The van der Waals surface area contributed by atoms with E-state index >= 15 is 0 Å². The lowest BCUT2D eigenvalue weighted by molar-refractivity contribution is 0.0807. The summed E-state index contributed by atoms with van der Waals surface area (Å²) in [5.41, 5.74) is 5.44. The Morgan fingerprint density at radius 3 is 2.40 bits per heavy atom. The summed E-state index contributed by atoms with van der Waals surface area (Å²) < 4.78 is 25.8. The Balaban J connectivity index is 2.54. The first-order valence-corrected chi connectivity index (χ1v) is 4.05. The van der Waals surface area contributed by atoms with Crippen molar-refractivity contribution in [1.29, 1.82) is 0 Å². The van der Waals surface area contributed by atoms with E-state index in [2.05, 4.69) is 0 Å². The minimum atomic E-state index is -2.31. The number of hydrogen-bond acceptors (Lipinski definition) is 2. The van der Waals surface area contributed by atoms with E-state index in [-0.39, 0.29) is 6.04 Å². The SMILES string of the molecule is NC1CCN(I)C1C(F)F. The summed E-state index contributed by atoms with van der Waals surface area (Å²) >= 11 is 1.90. The average molecular weight is 262 g/mol. The van der Waals surface area contributed by atoms with Crippen LogP contribution in [0.4, 0.5) is 8.78 Å². The van der Waals surface area contributed by atoms with Gasteiger partial charge in [0.25, 0.3) is 6.43 Å². The third-order valence-corrected chi connectivity index (χ3v) is 2.82. The third kappa shape index (κ3) is 1.57. The van der Waals surface area contributed by atoms with Crippen LogP contribution in [-0.4, -0.2) is 28.2 Å². The van der Waals surface area contributed by atoms with Gasteiger partial charge in [0.15, 0.2) is 0 Å². The largest absolute Gasteiger partial charge is 0.326 e. The van der Waals surface area contributed by atoms with Crippen molar-refractivity contribution < 1.29 is 8.78 Å². The quantitative estimate of drug-likeness (QED) is 0.564. The van der Waals surface area contributed by atoms with Crippen LogP contribution in [-0.2, 0) is 0 Å². The summed E-state index contributed by atoms with van der Waals surface area (Å²) in [6.45, 7) is 0.677. The Morgan fingerprint density at radius 2 is 2.20 bits per heavy atom. The van der Waals surface area contributed by atoms with Crippen molar-refractivity contribution in [3.05, 3.63) is 0 Å². The highest BCUT2D eigenvalue weighted by Gasteiger charge is 2.36. The fourth-order valence-corrected chi connectivity index (χ4v) is 2.04. The van der Waals surface area contributed by atoms with Gasteiger partial charge < -0.3 is 5.73 Å². The lowest BCUT2D eigenvalue weighted by atomic mass is 10.1. The molecule has 0 aromatic rings. The fraction of sp³-hybridized carbons (Fsp3) is 1.00. The number of rotatable bonds is 1. The molecule has 1 fully saturated rings. The maximum absolute atomic E-state index is 12.1. The maximum Gasteiger partial charge on any atom is 0.256 e. The molecule has 0 aromatic heterocycles. The minimum Gasteiger partial charge on any atom is -0.326 e. The van der Waals surface area contributed by atoms with Crippen LogP contribution in [0.1, 0.15) is 6.42 Å². The molecular weight excluding hydrogens is 253 g/mol. The van der Waals surface area contributed by atoms with E-state index in [1.165, 1.54) is 0 Å². The highest BCUT2D eigenvalue weighted by Crippen LogP contribution is 2.24. The maximum atomic E-state index is 12.1. The van der Waals surface area contributed by atoms with Gasteiger partial charge in [-0.1, -0.05) is 0 Å². The second-order valence-electron chi connectivity index (χ2n) is 2.40. The van der Waals surface area contributed by atoms with E-state index in [0.717, 1.165) is 0 Å². The van der Waals surface area contributed by atoms with Crippen LogP contribution < -0.4 is 5.73 Å². The van der Waals surface area contributed by atoms with Gasteiger partial charge in [-0.05, 0) is 6.42 Å². The summed E-state index contributed by atoms with van der Waals surface area (Å²) in [6, 6.07) is -1.09. The van der Waals surface area contributed by atoms with Crippen LogP contribution in [0.25, 0.3) is 0 Å². The van der Waals surface area contributed by atoms with Crippen LogP contribution >= 0.6 is 22.9 Å². The fourth-order valence-electron chi connectivity index (χ4n) is 1.11. The van der Waals surface area contributed by atoms with Gasteiger partial charge in [0.1, 0.15) is 0 Å². The topological polar surface area (TPSA) is 29.3 Å². The van der Waals surface area contributed by atoms with Gasteiger partial charge in [-0.15, -0.1) is 0 Å². The van der Waals surface area contributed by atoms with Crippen molar-refractivity contribution in [3.63, 3.8) is 0 Å². The molecule has 0 spiro atoms. The first-order valence-electron chi connectivity index (χ1n) is 3.09. The number of alkyl halides is 2. The number of halogens is 3. The Hall–Kier alpha value is 0.510. The zero-order chi connectivity index (χ0) is 7.72. The van der Waals surface area contributed by atoms with Crippen molar-refractivity contribution in [2.75, 3.05) is 6.54 Å². The lowest BCUT2D eigenvalue weighted by Crippen LogP contribution is -2.40. The molecule has 2 nitrogen and oxygen atoms in total. The monoisotopic (exact) mass is 262 g/mol. The second kappa shape index (κ2) is 3.27. The summed E-state index contributed by atoms with van der Waals surface area (Å²) in [5, 5.41) is 0. The number of hydrogen-bond donors (Lipinski definition) is 1. The normalized spacial score (nSPS) is 35.7. The van der Waals surface area contributed by atoms with E-state index in [1.807, 2.05) is 22.9 Å². The summed E-state index contributed by atoms with van der Waals surface area (Å²) in [6.07, 6.45) is -1.63. The molecule has 1 saturated heterocycles. The van der Waals surface area contributed by atoms with Crippen molar-refractivity contribution >= 4 is 22.9 Å². The molecule has 2 N–H and O–H groups in total. The van der Waals surface area contributed by atoms with E-state index in [1.54, 1.807) is 3.11 Å². The molecule has 0 amide bonds. The van der Waals surface area contributed by atoms with Gasteiger partial charge in [-0.25, -0.2) is 11.9 Å². The number of nitrogens with zero attached hydrogens (tertiary/aromatic N) is 1. The van der Waals surface area contributed by atoms with Crippen LogP contribution in [0.5, 0.6) is 0 Å². The van der Waals surface area contributed by atoms with E-state index in [9.17, 15) is 8.78 Å². The summed E-state index contributed by atoms with van der Waals surface area (Å²) in [5.74, 6) is 0. The Labute approximate surface area is 72.2 Å². The average Bonchev–Trinajstić information content (AvgIpc) is 2.11.